The number of benzene rings is 3. The Morgan fingerprint density at radius 3 is 2.37 bits per heavy atom. The van der Waals surface area contributed by atoms with Crippen LogP contribution in [0, 0.1) is 13.8 Å². The van der Waals surface area contributed by atoms with Gasteiger partial charge in [-0.3, -0.25) is 4.79 Å². The van der Waals surface area contributed by atoms with Gasteiger partial charge in [-0.1, -0.05) is 18.2 Å². The molecule has 0 saturated heterocycles. The number of amides is 1. The molecule has 3 aromatic carbocycles. The number of hydrogen-bond donors (Lipinski definition) is 3. The summed E-state index contributed by atoms with van der Waals surface area (Å²) in [5.74, 6) is 0.329. The fraction of sp³-hybridized carbons (Fsp3) is 0.0909. The molecule has 0 atom stereocenters. The first-order valence-corrected chi connectivity index (χ1v) is 10.8. The van der Waals surface area contributed by atoms with Gasteiger partial charge < -0.3 is 10.3 Å². The van der Waals surface area contributed by atoms with Crippen LogP contribution in [0.15, 0.2) is 65.6 Å². The van der Waals surface area contributed by atoms with Crippen LogP contribution in [0.3, 0.4) is 0 Å². The van der Waals surface area contributed by atoms with Gasteiger partial charge in [0, 0.05) is 16.8 Å². The second-order valence-corrected chi connectivity index (χ2v) is 8.64. The Bertz CT molecular complexity index is 1340. The minimum atomic E-state index is -3.92. The Hall–Kier alpha value is -3.49. The van der Waals surface area contributed by atoms with E-state index in [0.29, 0.717) is 16.8 Å². The van der Waals surface area contributed by atoms with Gasteiger partial charge in [-0.15, -0.1) is 0 Å². The Morgan fingerprint density at radius 1 is 1.00 bits per heavy atom. The molecule has 0 spiro atoms. The quantitative estimate of drug-likeness (QED) is 0.466. The van der Waals surface area contributed by atoms with Crippen molar-refractivity contribution in [2.24, 2.45) is 5.14 Å². The predicted octanol–water partition coefficient (Wildman–Crippen LogP) is 3.75. The van der Waals surface area contributed by atoms with Crippen LogP contribution in [-0.2, 0) is 10.0 Å². The molecule has 0 radical (unpaired) electrons. The molecule has 1 aromatic heterocycles. The molecule has 30 heavy (non-hydrogen) atoms. The number of nitrogens with two attached hydrogens (primary N) is 1. The summed E-state index contributed by atoms with van der Waals surface area (Å²) in [5, 5.41) is 8.06. The van der Waals surface area contributed by atoms with E-state index in [4.69, 9.17) is 5.14 Å². The van der Waals surface area contributed by atoms with Crippen molar-refractivity contribution < 1.29 is 13.2 Å². The molecule has 0 aliphatic heterocycles. The van der Waals surface area contributed by atoms with Gasteiger partial charge in [0.05, 0.1) is 15.9 Å². The van der Waals surface area contributed by atoms with E-state index in [9.17, 15) is 13.2 Å². The maximum Gasteiger partial charge on any atom is 0.255 e. The van der Waals surface area contributed by atoms with E-state index < -0.39 is 15.9 Å². The van der Waals surface area contributed by atoms with Gasteiger partial charge in [0.25, 0.3) is 5.91 Å². The van der Waals surface area contributed by atoms with Crippen LogP contribution in [0.1, 0.15) is 21.5 Å². The van der Waals surface area contributed by atoms with Gasteiger partial charge in [-0.25, -0.2) is 18.5 Å². The molecule has 1 amide bonds. The number of carbonyl (C=O) groups excluding carboxylic acids is 1. The van der Waals surface area contributed by atoms with Gasteiger partial charge in [-0.2, -0.15) is 0 Å². The highest BCUT2D eigenvalue weighted by molar-refractivity contribution is 7.89. The number of para-hydroxylation sites is 2. The lowest BCUT2D eigenvalue weighted by Gasteiger charge is -2.12. The summed E-state index contributed by atoms with van der Waals surface area (Å²) in [6.07, 6.45) is 0. The lowest BCUT2D eigenvalue weighted by molar-refractivity contribution is 0.102. The lowest BCUT2D eigenvalue weighted by Crippen LogP contribution is -2.18. The van der Waals surface area contributed by atoms with Gasteiger partial charge >= 0.3 is 0 Å². The van der Waals surface area contributed by atoms with Crippen LogP contribution in [0.4, 0.5) is 5.69 Å². The number of anilines is 1. The smallest absolute Gasteiger partial charge is 0.255 e. The number of fused-ring (bicyclic) bond motifs is 1. The average molecular weight is 420 g/mol. The Labute approximate surface area is 174 Å². The first kappa shape index (κ1) is 19.8. The minimum Gasteiger partial charge on any atom is -0.338 e. The van der Waals surface area contributed by atoms with E-state index in [-0.39, 0.29) is 10.5 Å². The van der Waals surface area contributed by atoms with Crippen LogP contribution in [0.2, 0.25) is 0 Å². The third-order valence-corrected chi connectivity index (χ3v) is 5.93. The van der Waals surface area contributed by atoms with Gasteiger partial charge in [-0.05, 0) is 67.4 Å². The van der Waals surface area contributed by atoms with E-state index in [1.807, 2.05) is 36.4 Å². The Balaban J connectivity index is 1.58. The third-order valence-electron chi connectivity index (χ3n) is 4.88. The number of nitrogens with zero attached hydrogens (tertiary/aromatic N) is 1. The van der Waals surface area contributed by atoms with Crippen molar-refractivity contribution in [2.45, 2.75) is 18.7 Å². The standard InChI is InChI=1S/C22H20N4O3S/c1-13-11-14(2)20(30(23,28)29)12-17(13)22(27)24-16-9-7-15(8-10-16)21-25-18-5-3-4-6-19(18)26-21/h3-12H,1-2H3,(H,24,27)(H,25,26)(H2,23,28,29). The van der Waals surface area contributed by atoms with E-state index in [1.54, 1.807) is 32.0 Å². The lowest BCUT2D eigenvalue weighted by atomic mass is 10.0. The molecular weight excluding hydrogens is 400 g/mol. The number of H-pyrrole nitrogens is 1. The number of rotatable bonds is 4. The fourth-order valence-electron chi connectivity index (χ4n) is 3.38. The molecule has 0 aliphatic rings. The second-order valence-electron chi connectivity index (χ2n) is 7.11. The first-order valence-electron chi connectivity index (χ1n) is 9.23. The van der Waals surface area contributed by atoms with Gasteiger partial charge in [0.1, 0.15) is 5.82 Å². The molecule has 152 valence electrons. The summed E-state index contributed by atoms with van der Waals surface area (Å²) in [6, 6.07) is 18.0. The number of imidazole rings is 1. The van der Waals surface area contributed by atoms with Crippen molar-refractivity contribution in [3.8, 4) is 11.4 Å². The van der Waals surface area contributed by atoms with Gasteiger partial charge in [0.15, 0.2) is 0 Å². The van der Waals surface area contributed by atoms with Crippen LogP contribution < -0.4 is 10.5 Å². The molecule has 8 heteroatoms. The monoisotopic (exact) mass is 420 g/mol. The van der Waals surface area contributed by atoms with Crippen molar-refractivity contribution in [3.05, 3.63) is 77.4 Å². The third kappa shape index (κ3) is 3.83. The molecule has 0 bridgehead atoms. The number of carbonyl (C=O) groups is 1. The van der Waals surface area contributed by atoms with Crippen LogP contribution in [0.5, 0.6) is 0 Å². The number of nitrogens with one attached hydrogen (secondary N) is 2. The maximum atomic E-state index is 12.7. The summed E-state index contributed by atoms with van der Waals surface area (Å²) in [5.41, 5.74) is 4.71. The summed E-state index contributed by atoms with van der Waals surface area (Å²) in [7, 11) is -3.92. The van der Waals surface area contributed by atoms with Crippen LogP contribution in [-0.4, -0.2) is 24.3 Å². The molecule has 7 nitrogen and oxygen atoms in total. The van der Waals surface area contributed by atoms with Crippen LogP contribution in [0.25, 0.3) is 22.4 Å². The molecule has 4 rings (SSSR count). The predicted molar refractivity (Wildman–Crippen MR) is 117 cm³/mol. The highest BCUT2D eigenvalue weighted by Gasteiger charge is 2.18. The molecular formula is C22H20N4O3S. The van der Waals surface area contributed by atoms with Gasteiger partial charge in [0.2, 0.25) is 10.0 Å². The molecule has 0 fully saturated rings. The van der Waals surface area contributed by atoms with Crippen molar-refractivity contribution in [2.75, 3.05) is 5.32 Å². The first-order chi connectivity index (χ1) is 14.2. The molecule has 1 heterocycles. The van der Waals surface area contributed by atoms with E-state index in [1.165, 1.54) is 6.07 Å². The SMILES string of the molecule is Cc1cc(C)c(S(N)(=O)=O)cc1C(=O)Nc1ccc(-c2nc3ccccc3[nH]2)cc1. The zero-order valence-electron chi connectivity index (χ0n) is 16.4. The summed E-state index contributed by atoms with van der Waals surface area (Å²) in [4.78, 5) is 20.5. The molecule has 4 N–H and O–H groups in total. The number of aromatic nitrogens is 2. The topological polar surface area (TPSA) is 118 Å². The number of sulfonamides is 1. The Kier molecular flexibility index (Phi) is 4.89. The van der Waals surface area contributed by atoms with Crippen molar-refractivity contribution in [1.29, 1.82) is 0 Å². The minimum absolute atomic E-state index is 0.0570. The average Bonchev–Trinajstić information content (AvgIpc) is 3.11. The summed E-state index contributed by atoms with van der Waals surface area (Å²) in [6.45, 7) is 3.39. The number of hydrogen-bond acceptors (Lipinski definition) is 4. The van der Waals surface area contributed by atoms with E-state index in [0.717, 1.165) is 22.4 Å². The van der Waals surface area contributed by atoms with Crippen LogP contribution >= 0.6 is 0 Å². The normalized spacial score (nSPS) is 11.6. The summed E-state index contributed by atoms with van der Waals surface area (Å²) < 4.78 is 23.5. The van der Waals surface area contributed by atoms with E-state index in [2.05, 4.69) is 15.3 Å². The molecule has 0 saturated carbocycles. The summed E-state index contributed by atoms with van der Waals surface area (Å²) >= 11 is 0. The number of aryl methyl sites for hydroxylation is 2. The fourth-order valence-corrected chi connectivity index (χ4v) is 4.17. The molecule has 0 aliphatic carbocycles. The molecule has 0 unspecified atom stereocenters. The second kappa shape index (κ2) is 7.40. The number of aromatic amines is 1. The highest BCUT2D eigenvalue weighted by atomic mass is 32.2. The Morgan fingerprint density at radius 2 is 1.70 bits per heavy atom. The zero-order chi connectivity index (χ0) is 21.5. The van der Waals surface area contributed by atoms with Crippen molar-refractivity contribution in [1.82, 2.24) is 9.97 Å². The zero-order valence-corrected chi connectivity index (χ0v) is 17.2. The number of primary sulfonamides is 1. The maximum absolute atomic E-state index is 12.7. The van der Waals surface area contributed by atoms with Crippen molar-refractivity contribution >= 4 is 32.7 Å². The van der Waals surface area contributed by atoms with E-state index >= 15 is 0 Å². The largest absolute Gasteiger partial charge is 0.338 e. The highest BCUT2D eigenvalue weighted by Crippen LogP contribution is 2.24. The van der Waals surface area contributed by atoms with Crippen molar-refractivity contribution in [3.63, 3.8) is 0 Å². The molecule has 4 aromatic rings.